The monoisotopic (exact) mass is 324 g/mol. The largest absolute Gasteiger partial charge is 0.341 e. The lowest BCUT2D eigenvalue weighted by atomic mass is 9.87. The number of amides is 1. The predicted molar refractivity (Wildman–Crippen MR) is 86.1 cm³/mol. The highest BCUT2D eigenvalue weighted by Gasteiger charge is 2.28. The Balaban J connectivity index is 2.09. The van der Waals surface area contributed by atoms with E-state index in [2.05, 4.69) is 25.5 Å². The highest BCUT2D eigenvalue weighted by Crippen LogP contribution is 2.23. The fourth-order valence-corrected chi connectivity index (χ4v) is 3.83. The summed E-state index contributed by atoms with van der Waals surface area (Å²) < 4.78 is 27.5. The molecule has 1 aromatic rings. The summed E-state index contributed by atoms with van der Waals surface area (Å²) in [5, 5.41) is 0. The standard InChI is InChI=1S/C16H24N2O3S/c1-12(19)18-10-9-14(11-18)17-22(20,21)15-7-5-13(6-8-15)16(2,3)4/h5-8,14,17H,9-11H2,1-4H3. The van der Waals surface area contributed by atoms with Gasteiger partial charge in [-0.05, 0) is 29.5 Å². The molecule has 0 aromatic heterocycles. The van der Waals surface area contributed by atoms with Crippen molar-refractivity contribution in [3.05, 3.63) is 29.8 Å². The third kappa shape index (κ3) is 3.87. The SMILES string of the molecule is CC(=O)N1CCC(NS(=O)(=O)c2ccc(C(C)(C)C)cc2)C1. The van der Waals surface area contributed by atoms with Crippen molar-refractivity contribution in [1.82, 2.24) is 9.62 Å². The van der Waals surface area contributed by atoms with Crippen LogP contribution in [0.5, 0.6) is 0 Å². The van der Waals surface area contributed by atoms with Crippen LogP contribution in [-0.2, 0) is 20.2 Å². The van der Waals surface area contributed by atoms with Gasteiger partial charge < -0.3 is 4.90 Å². The Labute approximate surface area is 132 Å². The van der Waals surface area contributed by atoms with Crippen molar-refractivity contribution in [3.8, 4) is 0 Å². The van der Waals surface area contributed by atoms with Gasteiger partial charge in [-0.3, -0.25) is 4.79 Å². The van der Waals surface area contributed by atoms with E-state index in [9.17, 15) is 13.2 Å². The minimum atomic E-state index is -3.54. The molecule has 0 saturated carbocycles. The molecule has 0 aliphatic carbocycles. The van der Waals surface area contributed by atoms with Crippen LogP contribution in [0.15, 0.2) is 29.2 Å². The molecule has 1 fully saturated rings. The zero-order valence-corrected chi connectivity index (χ0v) is 14.4. The van der Waals surface area contributed by atoms with Crippen LogP contribution in [0.1, 0.15) is 39.7 Å². The molecular weight excluding hydrogens is 300 g/mol. The lowest BCUT2D eigenvalue weighted by Crippen LogP contribution is -2.37. The third-order valence-electron chi connectivity index (χ3n) is 3.99. The summed E-state index contributed by atoms with van der Waals surface area (Å²) >= 11 is 0. The second-order valence-electron chi connectivity index (χ2n) is 6.85. The zero-order valence-electron chi connectivity index (χ0n) is 13.6. The number of sulfonamides is 1. The Bertz CT molecular complexity index is 645. The van der Waals surface area contributed by atoms with Crippen LogP contribution in [0.4, 0.5) is 0 Å². The molecule has 0 spiro atoms. The zero-order chi connectivity index (χ0) is 16.5. The predicted octanol–water partition coefficient (Wildman–Crippen LogP) is 1.88. The molecule has 0 bridgehead atoms. The van der Waals surface area contributed by atoms with Gasteiger partial charge in [0.15, 0.2) is 0 Å². The highest BCUT2D eigenvalue weighted by atomic mass is 32.2. The van der Waals surface area contributed by atoms with E-state index in [1.807, 2.05) is 12.1 Å². The van der Waals surface area contributed by atoms with E-state index >= 15 is 0 Å². The Morgan fingerprint density at radius 1 is 1.23 bits per heavy atom. The number of likely N-dealkylation sites (tertiary alicyclic amines) is 1. The molecule has 6 heteroatoms. The maximum Gasteiger partial charge on any atom is 0.240 e. The molecule has 1 aliphatic heterocycles. The second kappa shape index (κ2) is 6.01. The van der Waals surface area contributed by atoms with Gasteiger partial charge in [-0.1, -0.05) is 32.9 Å². The maximum absolute atomic E-state index is 12.4. The molecule has 1 heterocycles. The molecule has 1 aliphatic rings. The summed E-state index contributed by atoms with van der Waals surface area (Å²) in [6.07, 6.45) is 0.652. The van der Waals surface area contributed by atoms with Crippen LogP contribution < -0.4 is 4.72 Å². The van der Waals surface area contributed by atoms with E-state index in [-0.39, 0.29) is 22.3 Å². The number of nitrogens with one attached hydrogen (secondary N) is 1. The van der Waals surface area contributed by atoms with E-state index in [1.54, 1.807) is 17.0 Å². The first-order valence-corrected chi connectivity index (χ1v) is 8.96. The van der Waals surface area contributed by atoms with E-state index in [4.69, 9.17) is 0 Å². The first-order valence-electron chi connectivity index (χ1n) is 7.48. The van der Waals surface area contributed by atoms with Crippen molar-refractivity contribution in [2.75, 3.05) is 13.1 Å². The number of rotatable bonds is 3. The quantitative estimate of drug-likeness (QED) is 0.923. The first kappa shape index (κ1) is 17.0. The van der Waals surface area contributed by atoms with Crippen LogP contribution in [0.3, 0.4) is 0 Å². The van der Waals surface area contributed by atoms with Gasteiger partial charge in [-0.2, -0.15) is 0 Å². The number of benzene rings is 1. The summed E-state index contributed by atoms with van der Waals surface area (Å²) in [5.74, 6) is -0.0174. The Morgan fingerprint density at radius 3 is 2.27 bits per heavy atom. The topological polar surface area (TPSA) is 66.5 Å². The van der Waals surface area contributed by atoms with Gasteiger partial charge >= 0.3 is 0 Å². The fourth-order valence-electron chi connectivity index (χ4n) is 2.56. The minimum Gasteiger partial charge on any atom is -0.341 e. The summed E-state index contributed by atoms with van der Waals surface area (Å²) in [7, 11) is -3.54. The Kier molecular flexibility index (Phi) is 4.63. The number of hydrogen-bond acceptors (Lipinski definition) is 3. The lowest BCUT2D eigenvalue weighted by Gasteiger charge is -2.19. The van der Waals surface area contributed by atoms with E-state index in [0.29, 0.717) is 19.5 Å². The fraction of sp³-hybridized carbons (Fsp3) is 0.562. The van der Waals surface area contributed by atoms with Gasteiger partial charge in [0.05, 0.1) is 4.90 Å². The van der Waals surface area contributed by atoms with Crippen LogP contribution >= 0.6 is 0 Å². The third-order valence-corrected chi connectivity index (χ3v) is 5.52. The second-order valence-corrected chi connectivity index (χ2v) is 8.56. The average Bonchev–Trinajstić information content (AvgIpc) is 2.86. The summed E-state index contributed by atoms with van der Waals surface area (Å²) in [4.78, 5) is 13.2. The molecule has 1 atom stereocenters. The van der Waals surface area contributed by atoms with Gasteiger partial charge in [0.1, 0.15) is 0 Å². The smallest absolute Gasteiger partial charge is 0.240 e. The summed E-state index contributed by atoms with van der Waals surface area (Å²) in [5.41, 5.74) is 1.08. The minimum absolute atomic E-state index is 0.0108. The van der Waals surface area contributed by atoms with Crippen LogP contribution in [0, 0.1) is 0 Å². The molecule has 1 unspecified atom stereocenters. The van der Waals surface area contributed by atoms with Gasteiger partial charge in [0.2, 0.25) is 15.9 Å². The molecule has 1 amide bonds. The molecule has 122 valence electrons. The van der Waals surface area contributed by atoms with E-state index in [0.717, 1.165) is 5.56 Å². The van der Waals surface area contributed by atoms with E-state index < -0.39 is 10.0 Å². The van der Waals surface area contributed by atoms with Crippen LogP contribution in [0.25, 0.3) is 0 Å². The van der Waals surface area contributed by atoms with Crippen LogP contribution in [-0.4, -0.2) is 38.4 Å². The maximum atomic E-state index is 12.4. The summed E-state index contributed by atoms with van der Waals surface area (Å²) in [6, 6.07) is 6.77. The van der Waals surface area contributed by atoms with Gasteiger partial charge in [0.25, 0.3) is 0 Å². The average molecular weight is 324 g/mol. The van der Waals surface area contributed by atoms with Crippen molar-refractivity contribution < 1.29 is 13.2 Å². The molecule has 1 N–H and O–H groups in total. The van der Waals surface area contributed by atoms with Crippen molar-refractivity contribution in [2.24, 2.45) is 0 Å². The molecule has 22 heavy (non-hydrogen) atoms. The van der Waals surface area contributed by atoms with Crippen molar-refractivity contribution in [2.45, 2.75) is 50.5 Å². The molecular formula is C16H24N2O3S. The van der Waals surface area contributed by atoms with Gasteiger partial charge in [-0.15, -0.1) is 0 Å². The number of nitrogens with zero attached hydrogens (tertiary/aromatic N) is 1. The first-order chi connectivity index (χ1) is 10.1. The normalized spacial score (nSPS) is 19.5. The summed E-state index contributed by atoms with van der Waals surface area (Å²) in [6.45, 7) is 8.80. The Hall–Kier alpha value is -1.40. The lowest BCUT2D eigenvalue weighted by molar-refractivity contribution is -0.127. The number of carbonyl (C=O) groups is 1. The molecule has 5 nitrogen and oxygen atoms in total. The van der Waals surface area contributed by atoms with Crippen LogP contribution in [0.2, 0.25) is 0 Å². The van der Waals surface area contributed by atoms with Crippen molar-refractivity contribution in [3.63, 3.8) is 0 Å². The number of carbonyl (C=O) groups excluding carboxylic acids is 1. The van der Waals surface area contributed by atoms with Gasteiger partial charge in [0, 0.05) is 26.1 Å². The van der Waals surface area contributed by atoms with Crippen molar-refractivity contribution >= 4 is 15.9 Å². The molecule has 1 aromatic carbocycles. The molecule has 0 radical (unpaired) electrons. The van der Waals surface area contributed by atoms with Crippen molar-refractivity contribution in [1.29, 1.82) is 0 Å². The molecule has 2 rings (SSSR count). The molecule has 1 saturated heterocycles. The number of hydrogen-bond donors (Lipinski definition) is 1. The van der Waals surface area contributed by atoms with Gasteiger partial charge in [-0.25, -0.2) is 13.1 Å². The Morgan fingerprint density at radius 2 is 1.82 bits per heavy atom. The highest BCUT2D eigenvalue weighted by molar-refractivity contribution is 7.89. The van der Waals surface area contributed by atoms with E-state index in [1.165, 1.54) is 6.92 Å².